The highest BCUT2D eigenvalue weighted by Gasteiger charge is 1.98. The van der Waals surface area contributed by atoms with E-state index in [1.807, 2.05) is 48.3 Å². The number of para-hydroxylation sites is 1. The lowest BCUT2D eigenvalue weighted by molar-refractivity contribution is 0.637. The van der Waals surface area contributed by atoms with Gasteiger partial charge in [0.1, 0.15) is 5.82 Å². The van der Waals surface area contributed by atoms with Crippen LogP contribution in [0, 0.1) is 6.92 Å². The third-order valence-electron chi connectivity index (χ3n) is 3.01. The molecule has 0 fully saturated rings. The van der Waals surface area contributed by atoms with Crippen molar-refractivity contribution in [3.63, 3.8) is 0 Å². The minimum atomic E-state index is 0.812. The molecular weight excluding hydrogens is 236 g/mol. The fourth-order valence-electron chi connectivity index (χ4n) is 2.05. The van der Waals surface area contributed by atoms with E-state index in [0.29, 0.717) is 0 Å². The highest BCUT2D eigenvalue weighted by molar-refractivity contribution is 5.79. The number of aryl methyl sites for hydroxylation is 1. The largest absolute Gasteiger partial charge is 0.368 e. The van der Waals surface area contributed by atoms with Gasteiger partial charge in [-0.1, -0.05) is 18.2 Å². The summed E-state index contributed by atoms with van der Waals surface area (Å²) in [6.45, 7) is 3.69. The summed E-state index contributed by atoms with van der Waals surface area (Å²) in [5, 5.41) is 8.74. The Morgan fingerprint density at radius 3 is 2.89 bits per heavy atom. The third-order valence-corrected chi connectivity index (χ3v) is 3.01. The van der Waals surface area contributed by atoms with Gasteiger partial charge in [0.15, 0.2) is 0 Å². The van der Waals surface area contributed by atoms with Crippen molar-refractivity contribution < 1.29 is 0 Å². The maximum absolute atomic E-state index is 4.57. The fourth-order valence-corrected chi connectivity index (χ4v) is 2.05. The van der Waals surface area contributed by atoms with Gasteiger partial charge >= 0.3 is 0 Å². The summed E-state index contributed by atoms with van der Waals surface area (Å²) >= 11 is 0. The lowest BCUT2D eigenvalue weighted by Crippen LogP contribution is -2.11. The zero-order chi connectivity index (χ0) is 13.1. The Hall–Kier alpha value is -2.36. The molecule has 0 bridgehead atoms. The zero-order valence-corrected chi connectivity index (χ0v) is 10.9. The predicted octanol–water partition coefficient (Wildman–Crippen LogP) is 2.85. The first-order chi connectivity index (χ1) is 9.31. The smallest absolute Gasteiger partial charge is 0.126 e. The number of fused-ring (bicyclic) bond motifs is 1. The van der Waals surface area contributed by atoms with Gasteiger partial charge in [0, 0.05) is 18.1 Å². The molecule has 0 unspecified atom stereocenters. The van der Waals surface area contributed by atoms with Gasteiger partial charge in [-0.2, -0.15) is 5.10 Å². The summed E-state index contributed by atoms with van der Waals surface area (Å²) in [7, 11) is 0. The normalized spacial score (nSPS) is 10.8. The zero-order valence-electron chi connectivity index (χ0n) is 10.9. The summed E-state index contributed by atoms with van der Waals surface area (Å²) in [6, 6.07) is 12.2. The van der Waals surface area contributed by atoms with Gasteiger partial charge in [0.05, 0.1) is 18.3 Å². The van der Waals surface area contributed by atoms with Crippen molar-refractivity contribution in [2.24, 2.45) is 0 Å². The van der Waals surface area contributed by atoms with Crippen molar-refractivity contribution >= 4 is 16.7 Å². The van der Waals surface area contributed by atoms with E-state index < -0.39 is 0 Å². The predicted molar refractivity (Wildman–Crippen MR) is 77.2 cm³/mol. The Bertz CT molecular complexity index is 687. The molecule has 4 heteroatoms. The molecule has 2 aromatic heterocycles. The second-order valence-electron chi connectivity index (χ2n) is 4.60. The molecule has 0 saturated carbocycles. The van der Waals surface area contributed by atoms with Crippen LogP contribution < -0.4 is 5.32 Å². The van der Waals surface area contributed by atoms with Crippen molar-refractivity contribution in [2.45, 2.75) is 13.5 Å². The van der Waals surface area contributed by atoms with Crippen LogP contribution in [0.2, 0.25) is 0 Å². The van der Waals surface area contributed by atoms with Gasteiger partial charge in [-0.05, 0) is 30.7 Å². The number of hydrogen-bond acceptors (Lipinski definition) is 3. The van der Waals surface area contributed by atoms with Crippen molar-refractivity contribution in [1.29, 1.82) is 0 Å². The molecule has 0 aliphatic carbocycles. The number of aromatic nitrogens is 3. The van der Waals surface area contributed by atoms with E-state index in [1.165, 1.54) is 5.56 Å². The first-order valence-corrected chi connectivity index (χ1v) is 6.40. The van der Waals surface area contributed by atoms with Crippen LogP contribution in [0.4, 0.5) is 5.82 Å². The molecule has 0 radical (unpaired) electrons. The number of benzene rings is 1. The van der Waals surface area contributed by atoms with Crippen LogP contribution in [0.25, 0.3) is 10.9 Å². The molecular formula is C15H16N4. The van der Waals surface area contributed by atoms with E-state index in [0.717, 1.165) is 29.8 Å². The summed E-state index contributed by atoms with van der Waals surface area (Å²) in [5.74, 6) is 0.905. The van der Waals surface area contributed by atoms with Crippen LogP contribution in [0.5, 0.6) is 0 Å². The van der Waals surface area contributed by atoms with Crippen LogP contribution in [0.3, 0.4) is 0 Å². The average molecular weight is 252 g/mol. The molecule has 4 nitrogen and oxygen atoms in total. The topological polar surface area (TPSA) is 42.7 Å². The minimum absolute atomic E-state index is 0.812. The maximum Gasteiger partial charge on any atom is 0.126 e. The van der Waals surface area contributed by atoms with Crippen molar-refractivity contribution in [2.75, 3.05) is 11.9 Å². The van der Waals surface area contributed by atoms with Gasteiger partial charge in [-0.15, -0.1) is 0 Å². The second kappa shape index (κ2) is 5.10. The minimum Gasteiger partial charge on any atom is -0.368 e. The SMILES string of the molecule is Cc1cnn(CCNc2ccc3ccccc3n2)c1. The summed E-state index contributed by atoms with van der Waals surface area (Å²) < 4.78 is 1.93. The number of nitrogens with one attached hydrogen (secondary N) is 1. The first-order valence-electron chi connectivity index (χ1n) is 6.40. The standard InChI is InChI=1S/C15H16N4/c1-12-10-17-19(11-12)9-8-16-15-7-6-13-4-2-3-5-14(13)18-15/h2-7,10-11H,8-9H2,1H3,(H,16,18). The van der Waals surface area contributed by atoms with E-state index in [9.17, 15) is 0 Å². The van der Waals surface area contributed by atoms with Crippen molar-refractivity contribution in [3.8, 4) is 0 Å². The first kappa shape index (κ1) is 11.7. The molecule has 1 N–H and O–H groups in total. The Morgan fingerprint density at radius 2 is 2.05 bits per heavy atom. The molecule has 0 aliphatic heterocycles. The number of rotatable bonds is 4. The summed E-state index contributed by atoms with van der Waals surface area (Å²) in [4.78, 5) is 4.57. The molecule has 0 amide bonds. The van der Waals surface area contributed by atoms with E-state index in [4.69, 9.17) is 0 Å². The van der Waals surface area contributed by atoms with Crippen LogP contribution in [0.1, 0.15) is 5.56 Å². The molecule has 0 atom stereocenters. The molecule has 19 heavy (non-hydrogen) atoms. The van der Waals surface area contributed by atoms with Crippen LogP contribution in [-0.4, -0.2) is 21.3 Å². The Morgan fingerprint density at radius 1 is 1.16 bits per heavy atom. The Kier molecular flexibility index (Phi) is 3.14. The number of anilines is 1. The fraction of sp³-hybridized carbons (Fsp3) is 0.200. The molecule has 0 aliphatic rings. The molecule has 0 spiro atoms. The van der Waals surface area contributed by atoms with Crippen molar-refractivity contribution in [1.82, 2.24) is 14.8 Å². The maximum atomic E-state index is 4.57. The lowest BCUT2D eigenvalue weighted by atomic mass is 10.2. The average Bonchev–Trinajstić information content (AvgIpc) is 2.84. The monoisotopic (exact) mass is 252 g/mol. The van der Waals surface area contributed by atoms with E-state index in [1.54, 1.807) is 0 Å². The quantitative estimate of drug-likeness (QED) is 0.776. The van der Waals surface area contributed by atoms with Gasteiger partial charge < -0.3 is 5.32 Å². The van der Waals surface area contributed by atoms with Crippen LogP contribution >= 0.6 is 0 Å². The summed E-state index contributed by atoms with van der Waals surface area (Å²) in [6.07, 6.45) is 3.91. The lowest BCUT2D eigenvalue weighted by Gasteiger charge is -2.06. The highest BCUT2D eigenvalue weighted by atomic mass is 15.3. The number of hydrogen-bond donors (Lipinski definition) is 1. The third kappa shape index (κ3) is 2.73. The van der Waals surface area contributed by atoms with Crippen LogP contribution in [0.15, 0.2) is 48.8 Å². The molecule has 3 aromatic rings. The molecule has 0 saturated heterocycles. The number of pyridine rings is 1. The Labute approximate surface area is 112 Å². The van der Waals surface area contributed by atoms with Gasteiger partial charge in [-0.25, -0.2) is 4.98 Å². The molecule has 1 aromatic carbocycles. The number of nitrogens with zero attached hydrogens (tertiary/aromatic N) is 3. The van der Waals surface area contributed by atoms with Gasteiger partial charge in [-0.3, -0.25) is 4.68 Å². The van der Waals surface area contributed by atoms with E-state index in [-0.39, 0.29) is 0 Å². The van der Waals surface area contributed by atoms with E-state index in [2.05, 4.69) is 27.5 Å². The van der Waals surface area contributed by atoms with Gasteiger partial charge in [0.2, 0.25) is 0 Å². The van der Waals surface area contributed by atoms with E-state index >= 15 is 0 Å². The van der Waals surface area contributed by atoms with Crippen molar-refractivity contribution in [3.05, 3.63) is 54.4 Å². The van der Waals surface area contributed by atoms with Crippen LogP contribution in [-0.2, 0) is 6.54 Å². The molecule has 2 heterocycles. The highest BCUT2D eigenvalue weighted by Crippen LogP contribution is 2.14. The molecule has 96 valence electrons. The van der Waals surface area contributed by atoms with Gasteiger partial charge in [0.25, 0.3) is 0 Å². The molecule has 3 rings (SSSR count). The second-order valence-corrected chi connectivity index (χ2v) is 4.60. The Balaban J connectivity index is 1.65. The summed E-state index contributed by atoms with van der Waals surface area (Å²) in [5.41, 5.74) is 2.20.